The molecular formula is C22H27N5O3. The van der Waals surface area contributed by atoms with E-state index in [-0.39, 0.29) is 5.91 Å². The molecule has 1 aliphatic rings. The van der Waals surface area contributed by atoms with Crippen LogP contribution in [0.25, 0.3) is 11.3 Å². The molecular weight excluding hydrogens is 382 g/mol. The third-order valence-electron chi connectivity index (χ3n) is 5.27. The smallest absolute Gasteiger partial charge is 0.275 e. The normalized spacial score (nSPS) is 14.8. The molecule has 0 bridgehead atoms. The molecule has 0 saturated carbocycles. The standard InChI is InChI=1S/C22H27N5O3/c1-17-5-3-6-18(15-17)29-14-4-9-26-10-12-27(13-11-26)22(28)21-19(16-25(2)24-21)20-7-8-23-30-20/h3,5-8,15-16H,4,9-14H2,1-2H3. The summed E-state index contributed by atoms with van der Waals surface area (Å²) in [5, 5.41) is 8.10. The van der Waals surface area contributed by atoms with E-state index >= 15 is 0 Å². The number of piperazine rings is 1. The molecule has 2 aromatic heterocycles. The van der Waals surface area contributed by atoms with Gasteiger partial charge >= 0.3 is 0 Å². The highest BCUT2D eigenvalue weighted by molar-refractivity contribution is 5.98. The number of amides is 1. The lowest BCUT2D eigenvalue weighted by Gasteiger charge is -2.34. The maximum Gasteiger partial charge on any atom is 0.275 e. The van der Waals surface area contributed by atoms with Crippen LogP contribution in [0.5, 0.6) is 5.75 Å². The van der Waals surface area contributed by atoms with Crippen LogP contribution < -0.4 is 4.74 Å². The van der Waals surface area contributed by atoms with Crippen molar-refractivity contribution < 1.29 is 14.1 Å². The van der Waals surface area contributed by atoms with Gasteiger partial charge in [0, 0.05) is 52.0 Å². The van der Waals surface area contributed by atoms with Crippen LogP contribution >= 0.6 is 0 Å². The van der Waals surface area contributed by atoms with Gasteiger partial charge in [-0.2, -0.15) is 5.10 Å². The van der Waals surface area contributed by atoms with Gasteiger partial charge in [0.1, 0.15) is 5.75 Å². The average molecular weight is 409 g/mol. The van der Waals surface area contributed by atoms with E-state index in [1.807, 2.05) is 17.0 Å². The number of carbonyl (C=O) groups excluding carboxylic acids is 1. The second-order valence-electron chi connectivity index (χ2n) is 7.59. The molecule has 158 valence electrons. The summed E-state index contributed by atoms with van der Waals surface area (Å²) in [6, 6.07) is 9.85. The van der Waals surface area contributed by atoms with E-state index in [9.17, 15) is 4.79 Å². The highest BCUT2D eigenvalue weighted by atomic mass is 16.5. The van der Waals surface area contributed by atoms with Crippen LogP contribution in [-0.2, 0) is 7.05 Å². The largest absolute Gasteiger partial charge is 0.494 e. The summed E-state index contributed by atoms with van der Waals surface area (Å²) in [6.45, 7) is 6.78. The summed E-state index contributed by atoms with van der Waals surface area (Å²) in [5.41, 5.74) is 2.29. The second kappa shape index (κ2) is 9.13. The van der Waals surface area contributed by atoms with Gasteiger partial charge in [0.2, 0.25) is 0 Å². The topological polar surface area (TPSA) is 76.6 Å². The molecule has 1 aromatic carbocycles. The van der Waals surface area contributed by atoms with E-state index in [2.05, 4.69) is 34.2 Å². The van der Waals surface area contributed by atoms with Gasteiger partial charge in [-0.05, 0) is 31.0 Å². The monoisotopic (exact) mass is 409 g/mol. The molecule has 1 saturated heterocycles. The average Bonchev–Trinajstić information content (AvgIpc) is 3.41. The van der Waals surface area contributed by atoms with Crippen LogP contribution in [0.4, 0.5) is 0 Å². The second-order valence-corrected chi connectivity index (χ2v) is 7.59. The van der Waals surface area contributed by atoms with Crippen molar-refractivity contribution in [2.24, 2.45) is 7.05 Å². The molecule has 0 atom stereocenters. The van der Waals surface area contributed by atoms with E-state index in [1.54, 1.807) is 30.2 Å². The number of hydrogen-bond acceptors (Lipinski definition) is 6. The molecule has 1 fully saturated rings. The van der Waals surface area contributed by atoms with Crippen molar-refractivity contribution in [3.63, 3.8) is 0 Å². The number of aryl methyl sites for hydroxylation is 2. The number of hydrogen-bond donors (Lipinski definition) is 0. The van der Waals surface area contributed by atoms with Crippen molar-refractivity contribution in [2.45, 2.75) is 13.3 Å². The Morgan fingerprint density at radius 1 is 1.20 bits per heavy atom. The maximum atomic E-state index is 13.0. The fourth-order valence-corrected chi connectivity index (χ4v) is 3.69. The molecule has 0 radical (unpaired) electrons. The van der Waals surface area contributed by atoms with Gasteiger partial charge in [-0.25, -0.2) is 0 Å². The highest BCUT2D eigenvalue weighted by Crippen LogP contribution is 2.24. The number of nitrogens with zero attached hydrogens (tertiary/aromatic N) is 5. The van der Waals surface area contributed by atoms with Crippen LogP contribution in [0, 0.1) is 6.92 Å². The number of aromatic nitrogens is 3. The minimum atomic E-state index is -0.0653. The number of carbonyl (C=O) groups is 1. The van der Waals surface area contributed by atoms with Gasteiger partial charge in [-0.1, -0.05) is 17.3 Å². The van der Waals surface area contributed by atoms with E-state index < -0.39 is 0 Å². The summed E-state index contributed by atoms with van der Waals surface area (Å²) in [5.74, 6) is 1.41. The zero-order valence-electron chi connectivity index (χ0n) is 17.5. The van der Waals surface area contributed by atoms with E-state index in [0.717, 1.165) is 31.8 Å². The zero-order valence-corrected chi connectivity index (χ0v) is 17.5. The molecule has 3 aromatic rings. The summed E-state index contributed by atoms with van der Waals surface area (Å²) < 4.78 is 12.7. The Morgan fingerprint density at radius 3 is 2.77 bits per heavy atom. The molecule has 3 heterocycles. The first kappa shape index (κ1) is 20.2. The zero-order chi connectivity index (χ0) is 20.9. The fraction of sp³-hybridized carbons (Fsp3) is 0.409. The molecule has 0 spiro atoms. The van der Waals surface area contributed by atoms with E-state index in [0.29, 0.717) is 36.7 Å². The quantitative estimate of drug-likeness (QED) is 0.559. The summed E-state index contributed by atoms with van der Waals surface area (Å²) in [4.78, 5) is 17.3. The van der Waals surface area contributed by atoms with Crippen molar-refractivity contribution >= 4 is 5.91 Å². The summed E-state index contributed by atoms with van der Waals surface area (Å²) in [6.07, 6.45) is 4.31. The number of benzene rings is 1. The number of rotatable bonds is 7. The Balaban J connectivity index is 1.25. The minimum absolute atomic E-state index is 0.0653. The Labute approximate surface area is 176 Å². The SMILES string of the molecule is Cc1cccc(OCCCN2CCN(C(=O)c3nn(C)cc3-c3ccno3)CC2)c1. The number of ether oxygens (including phenoxy) is 1. The van der Waals surface area contributed by atoms with Gasteiger partial charge in [0.15, 0.2) is 11.5 Å². The first-order valence-electron chi connectivity index (χ1n) is 10.3. The van der Waals surface area contributed by atoms with Crippen molar-refractivity contribution in [3.8, 4) is 17.1 Å². The summed E-state index contributed by atoms with van der Waals surface area (Å²) >= 11 is 0. The Morgan fingerprint density at radius 2 is 2.03 bits per heavy atom. The van der Waals surface area contributed by atoms with E-state index in [4.69, 9.17) is 9.26 Å². The Bertz CT molecular complexity index is 975. The molecule has 30 heavy (non-hydrogen) atoms. The lowest BCUT2D eigenvalue weighted by Crippen LogP contribution is -2.49. The van der Waals surface area contributed by atoms with Gasteiger partial charge in [0.05, 0.1) is 18.4 Å². The molecule has 1 aliphatic heterocycles. The first-order valence-corrected chi connectivity index (χ1v) is 10.3. The van der Waals surface area contributed by atoms with Gasteiger partial charge in [-0.3, -0.25) is 14.4 Å². The molecule has 8 heteroatoms. The predicted molar refractivity (Wildman–Crippen MR) is 112 cm³/mol. The van der Waals surface area contributed by atoms with E-state index in [1.165, 1.54) is 5.56 Å². The Kier molecular flexibility index (Phi) is 6.13. The van der Waals surface area contributed by atoms with Crippen LogP contribution in [0.2, 0.25) is 0 Å². The highest BCUT2D eigenvalue weighted by Gasteiger charge is 2.27. The van der Waals surface area contributed by atoms with Gasteiger partial charge in [0.25, 0.3) is 5.91 Å². The summed E-state index contributed by atoms with van der Waals surface area (Å²) in [7, 11) is 1.80. The lowest BCUT2D eigenvalue weighted by molar-refractivity contribution is 0.0624. The van der Waals surface area contributed by atoms with Crippen LogP contribution in [0.15, 0.2) is 47.2 Å². The fourth-order valence-electron chi connectivity index (χ4n) is 3.69. The third-order valence-corrected chi connectivity index (χ3v) is 5.27. The predicted octanol–water partition coefficient (Wildman–Crippen LogP) is 2.61. The third kappa shape index (κ3) is 4.71. The molecule has 0 unspecified atom stereocenters. The van der Waals surface area contributed by atoms with Crippen LogP contribution in [0.1, 0.15) is 22.5 Å². The van der Waals surface area contributed by atoms with Crippen molar-refractivity contribution in [3.05, 3.63) is 54.0 Å². The van der Waals surface area contributed by atoms with Crippen molar-refractivity contribution in [2.75, 3.05) is 39.3 Å². The maximum absolute atomic E-state index is 13.0. The molecule has 1 amide bonds. The lowest BCUT2D eigenvalue weighted by atomic mass is 10.1. The van der Waals surface area contributed by atoms with Gasteiger partial charge < -0.3 is 14.2 Å². The molecule has 8 nitrogen and oxygen atoms in total. The molecule has 4 rings (SSSR count). The first-order chi connectivity index (χ1) is 14.6. The van der Waals surface area contributed by atoms with Crippen molar-refractivity contribution in [1.29, 1.82) is 0 Å². The Hall–Kier alpha value is -3.13. The van der Waals surface area contributed by atoms with Crippen molar-refractivity contribution in [1.82, 2.24) is 24.7 Å². The van der Waals surface area contributed by atoms with Crippen LogP contribution in [0.3, 0.4) is 0 Å². The minimum Gasteiger partial charge on any atom is -0.494 e. The van der Waals surface area contributed by atoms with Gasteiger partial charge in [-0.15, -0.1) is 0 Å². The molecule has 0 N–H and O–H groups in total. The van der Waals surface area contributed by atoms with Crippen LogP contribution in [-0.4, -0.2) is 70.0 Å². The molecule has 0 aliphatic carbocycles.